The Morgan fingerprint density at radius 2 is 1.71 bits per heavy atom. The van der Waals surface area contributed by atoms with Crippen molar-refractivity contribution in [1.82, 2.24) is 5.32 Å². The van der Waals surface area contributed by atoms with Crippen LogP contribution in [0, 0.1) is 0 Å². The van der Waals surface area contributed by atoms with Crippen molar-refractivity contribution < 1.29 is 14.7 Å². The van der Waals surface area contributed by atoms with Crippen molar-refractivity contribution in [1.29, 1.82) is 0 Å². The van der Waals surface area contributed by atoms with Gasteiger partial charge in [-0.25, -0.2) is 0 Å². The van der Waals surface area contributed by atoms with E-state index < -0.39 is 5.97 Å². The monoisotopic (exact) mass is 303 g/mol. The molecule has 0 fully saturated rings. The van der Waals surface area contributed by atoms with Crippen molar-refractivity contribution in [3.63, 3.8) is 0 Å². The SMILES string of the molecule is CC(=O)O.O=C1NC(c2ccc(Cl)cc2)c2ccccc21. The summed E-state index contributed by atoms with van der Waals surface area (Å²) in [6.45, 7) is 1.08. The highest BCUT2D eigenvalue weighted by molar-refractivity contribution is 6.30. The molecule has 4 nitrogen and oxygen atoms in total. The summed E-state index contributed by atoms with van der Waals surface area (Å²) in [6, 6.07) is 15.1. The smallest absolute Gasteiger partial charge is 0.300 e. The van der Waals surface area contributed by atoms with Crippen molar-refractivity contribution in [3.8, 4) is 0 Å². The average Bonchev–Trinajstić information content (AvgIpc) is 2.77. The summed E-state index contributed by atoms with van der Waals surface area (Å²) >= 11 is 5.86. The molecule has 0 spiro atoms. The Kier molecular flexibility index (Phi) is 4.60. The van der Waals surface area contributed by atoms with Crippen molar-refractivity contribution >= 4 is 23.5 Å². The fourth-order valence-electron chi connectivity index (χ4n) is 2.16. The van der Waals surface area contributed by atoms with E-state index in [1.165, 1.54) is 0 Å². The predicted molar refractivity (Wildman–Crippen MR) is 80.5 cm³/mol. The molecule has 1 amide bonds. The van der Waals surface area contributed by atoms with Gasteiger partial charge in [0.15, 0.2) is 0 Å². The molecule has 1 heterocycles. The van der Waals surface area contributed by atoms with Crippen molar-refractivity contribution in [3.05, 3.63) is 70.2 Å². The molecule has 0 aromatic heterocycles. The van der Waals surface area contributed by atoms with E-state index in [-0.39, 0.29) is 11.9 Å². The minimum absolute atomic E-state index is 0.0134. The zero-order valence-corrected chi connectivity index (χ0v) is 12.1. The summed E-state index contributed by atoms with van der Waals surface area (Å²) in [6.07, 6.45) is 0. The zero-order chi connectivity index (χ0) is 15.4. The van der Waals surface area contributed by atoms with Crippen LogP contribution in [0.25, 0.3) is 0 Å². The van der Waals surface area contributed by atoms with E-state index in [0.717, 1.165) is 23.6 Å². The second-order valence-electron chi connectivity index (χ2n) is 4.56. The first-order valence-corrected chi connectivity index (χ1v) is 6.71. The molecule has 0 saturated heterocycles. The number of nitrogens with one attached hydrogen (secondary N) is 1. The van der Waals surface area contributed by atoms with Gasteiger partial charge in [0, 0.05) is 17.5 Å². The quantitative estimate of drug-likeness (QED) is 0.849. The first-order chi connectivity index (χ1) is 9.99. The third-order valence-corrected chi connectivity index (χ3v) is 3.25. The van der Waals surface area contributed by atoms with Crippen LogP contribution >= 0.6 is 11.6 Å². The molecule has 0 aliphatic carbocycles. The number of amides is 1. The number of carbonyl (C=O) groups is 2. The topological polar surface area (TPSA) is 66.4 Å². The maximum Gasteiger partial charge on any atom is 0.300 e. The fourth-order valence-corrected chi connectivity index (χ4v) is 2.29. The van der Waals surface area contributed by atoms with Crippen LogP contribution < -0.4 is 5.32 Å². The second-order valence-corrected chi connectivity index (χ2v) is 5.00. The minimum atomic E-state index is -0.833. The molecule has 1 aliphatic heterocycles. The van der Waals surface area contributed by atoms with Gasteiger partial charge in [0.05, 0.1) is 6.04 Å². The van der Waals surface area contributed by atoms with E-state index in [2.05, 4.69) is 5.32 Å². The summed E-state index contributed by atoms with van der Waals surface area (Å²) in [4.78, 5) is 20.8. The van der Waals surface area contributed by atoms with E-state index >= 15 is 0 Å². The highest BCUT2D eigenvalue weighted by Gasteiger charge is 2.28. The Bertz CT molecular complexity index is 663. The van der Waals surface area contributed by atoms with Gasteiger partial charge in [-0.05, 0) is 29.3 Å². The molecule has 0 radical (unpaired) electrons. The number of carboxylic acids is 1. The molecule has 1 aliphatic rings. The highest BCUT2D eigenvalue weighted by Crippen LogP contribution is 2.30. The molecular weight excluding hydrogens is 290 g/mol. The van der Waals surface area contributed by atoms with Crippen LogP contribution in [0.2, 0.25) is 5.02 Å². The van der Waals surface area contributed by atoms with E-state index in [9.17, 15) is 4.79 Å². The van der Waals surface area contributed by atoms with E-state index in [1.807, 2.05) is 48.5 Å². The summed E-state index contributed by atoms with van der Waals surface area (Å²) in [5.74, 6) is -0.847. The molecule has 0 saturated carbocycles. The van der Waals surface area contributed by atoms with Gasteiger partial charge in [-0.15, -0.1) is 0 Å². The molecule has 1 unspecified atom stereocenters. The summed E-state index contributed by atoms with van der Waals surface area (Å²) < 4.78 is 0. The Labute approximate surface area is 127 Å². The molecule has 3 rings (SSSR count). The van der Waals surface area contributed by atoms with Gasteiger partial charge < -0.3 is 10.4 Å². The van der Waals surface area contributed by atoms with Gasteiger partial charge in [-0.3, -0.25) is 9.59 Å². The molecular formula is C16H14ClNO3. The Morgan fingerprint density at radius 3 is 2.33 bits per heavy atom. The molecule has 2 aromatic carbocycles. The predicted octanol–water partition coefficient (Wildman–Crippen LogP) is 3.26. The lowest BCUT2D eigenvalue weighted by Gasteiger charge is -2.11. The maximum absolute atomic E-state index is 11.8. The number of hydrogen-bond donors (Lipinski definition) is 2. The van der Waals surface area contributed by atoms with Crippen LogP contribution in [0.15, 0.2) is 48.5 Å². The van der Waals surface area contributed by atoms with Crippen LogP contribution in [0.5, 0.6) is 0 Å². The van der Waals surface area contributed by atoms with Crippen LogP contribution in [0.4, 0.5) is 0 Å². The van der Waals surface area contributed by atoms with E-state index in [1.54, 1.807) is 0 Å². The molecule has 2 aromatic rings. The van der Waals surface area contributed by atoms with Gasteiger partial charge in [-0.2, -0.15) is 0 Å². The molecule has 1 atom stereocenters. The molecule has 5 heteroatoms. The van der Waals surface area contributed by atoms with Crippen LogP contribution in [0.1, 0.15) is 34.5 Å². The molecule has 108 valence electrons. The van der Waals surface area contributed by atoms with Gasteiger partial charge in [0.2, 0.25) is 0 Å². The Hall–Kier alpha value is -2.33. The first kappa shape index (κ1) is 15.1. The maximum atomic E-state index is 11.8. The van der Waals surface area contributed by atoms with Crippen LogP contribution in [-0.4, -0.2) is 17.0 Å². The normalized spacial score (nSPS) is 15.5. The first-order valence-electron chi connectivity index (χ1n) is 6.34. The summed E-state index contributed by atoms with van der Waals surface area (Å²) in [7, 11) is 0. The second kappa shape index (κ2) is 6.41. The highest BCUT2D eigenvalue weighted by atomic mass is 35.5. The van der Waals surface area contributed by atoms with Gasteiger partial charge in [0.1, 0.15) is 0 Å². The van der Waals surface area contributed by atoms with Gasteiger partial charge in [0.25, 0.3) is 11.9 Å². The van der Waals surface area contributed by atoms with E-state index in [0.29, 0.717) is 5.02 Å². The van der Waals surface area contributed by atoms with Crippen molar-refractivity contribution in [2.24, 2.45) is 0 Å². The summed E-state index contributed by atoms with van der Waals surface area (Å²) in [5.41, 5.74) is 2.83. The number of aliphatic carboxylic acids is 1. The number of carbonyl (C=O) groups excluding carboxylic acids is 1. The number of rotatable bonds is 1. The van der Waals surface area contributed by atoms with Crippen molar-refractivity contribution in [2.45, 2.75) is 13.0 Å². The lowest BCUT2D eigenvalue weighted by molar-refractivity contribution is -0.134. The van der Waals surface area contributed by atoms with Crippen LogP contribution in [0.3, 0.4) is 0 Å². The zero-order valence-electron chi connectivity index (χ0n) is 11.3. The minimum Gasteiger partial charge on any atom is -0.481 e. The number of benzene rings is 2. The van der Waals surface area contributed by atoms with Crippen molar-refractivity contribution in [2.75, 3.05) is 0 Å². The third-order valence-electron chi connectivity index (χ3n) is 3.00. The Balaban J connectivity index is 0.000000361. The largest absolute Gasteiger partial charge is 0.481 e. The van der Waals surface area contributed by atoms with Gasteiger partial charge in [-0.1, -0.05) is 41.9 Å². The number of halogens is 1. The lowest BCUT2D eigenvalue weighted by Crippen LogP contribution is -2.19. The Morgan fingerprint density at radius 1 is 1.14 bits per heavy atom. The van der Waals surface area contributed by atoms with E-state index in [4.69, 9.17) is 21.5 Å². The number of carboxylic acid groups (broad SMARTS) is 1. The fraction of sp³-hybridized carbons (Fsp3) is 0.125. The average molecular weight is 304 g/mol. The molecule has 2 N–H and O–H groups in total. The van der Waals surface area contributed by atoms with Crippen LogP contribution in [-0.2, 0) is 4.79 Å². The standard InChI is InChI=1S/C14H10ClNO.C2H4O2/c15-10-7-5-9(6-8-10)13-11-3-1-2-4-12(11)14(17)16-13;1-2(3)4/h1-8,13H,(H,16,17);1H3,(H,3,4). The third kappa shape index (κ3) is 3.61. The molecule has 21 heavy (non-hydrogen) atoms. The number of hydrogen-bond acceptors (Lipinski definition) is 2. The summed E-state index contributed by atoms with van der Waals surface area (Å²) in [5, 5.41) is 11.1. The molecule has 0 bridgehead atoms. The number of fused-ring (bicyclic) bond motifs is 1. The lowest BCUT2D eigenvalue weighted by atomic mass is 9.99. The van der Waals surface area contributed by atoms with Gasteiger partial charge >= 0.3 is 0 Å².